The summed E-state index contributed by atoms with van der Waals surface area (Å²) in [4.78, 5) is 24.0. The van der Waals surface area contributed by atoms with Gasteiger partial charge in [0.05, 0.1) is 18.6 Å². The van der Waals surface area contributed by atoms with Crippen LogP contribution in [-0.2, 0) is 9.59 Å². The lowest BCUT2D eigenvalue weighted by atomic mass is 9.87. The number of nitrogens with two attached hydrogens (primary N) is 1. The van der Waals surface area contributed by atoms with Gasteiger partial charge in [0.15, 0.2) is 11.6 Å². The molecule has 27 heavy (non-hydrogen) atoms. The Hall–Kier alpha value is -1.86. The number of hydrogen-bond acceptors (Lipinski definition) is 4. The van der Waals surface area contributed by atoms with Crippen molar-refractivity contribution in [1.82, 2.24) is 10.6 Å². The van der Waals surface area contributed by atoms with Gasteiger partial charge in [0.1, 0.15) is 6.61 Å². The normalized spacial score (nSPS) is 13.3. The Morgan fingerprint density at radius 2 is 1.81 bits per heavy atom. The van der Waals surface area contributed by atoms with Gasteiger partial charge >= 0.3 is 0 Å². The molecule has 1 aromatic carbocycles. The van der Waals surface area contributed by atoms with Crippen molar-refractivity contribution in [3.05, 3.63) is 30.1 Å². The fourth-order valence-corrected chi connectivity index (χ4v) is 2.08. The molecule has 6 nitrogen and oxygen atoms in total. The predicted molar refractivity (Wildman–Crippen MR) is 106 cm³/mol. The van der Waals surface area contributed by atoms with E-state index in [1.165, 1.54) is 12.1 Å². The summed E-state index contributed by atoms with van der Waals surface area (Å²) in [5.41, 5.74) is 5.42. The van der Waals surface area contributed by atoms with Gasteiger partial charge in [0, 0.05) is 0 Å². The van der Waals surface area contributed by atoms with Gasteiger partial charge < -0.3 is 21.1 Å². The molecule has 0 saturated heterocycles. The van der Waals surface area contributed by atoms with Crippen LogP contribution in [0.1, 0.15) is 34.6 Å². The lowest BCUT2D eigenvalue weighted by Gasteiger charge is -2.31. The molecule has 0 heterocycles. The van der Waals surface area contributed by atoms with Gasteiger partial charge in [-0.2, -0.15) is 0 Å². The highest BCUT2D eigenvalue weighted by Gasteiger charge is 2.27. The van der Waals surface area contributed by atoms with Crippen LogP contribution in [0.2, 0.25) is 0 Å². The highest BCUT2D eigenvalue weighted by Crippen LogP contribution is 2.22. The van der Waals surface area contributed by atoms with Gasteiger partial charge in [-0.25, -0.2) is 4.39 Å². The molecule has 0 aromatic heterocycles. The van der Waals surface area contributed by atoms with Crippen LogP contribution in [0.15, 0.2) is 24.3 Å². The second kappa shape index (κ2) is 11.1. The Bertz CT molecular complexity index is 620. The Labute approximate surface area is 166 Å². The van der Waals surface area contributed by atoms with Gasteiger partial charge in [-0.15, -0.1) is 12.4 Å². The second-order valence-electron chi connectivity index (χ2n) is 7.72. The molecule has 1 aromatic rings. The van der Waals surface area contributed by atoms with Crippen LogP contribution in [-0.4, -0.2) is 37.0 Å². The molecule has 0 radical (unpaired) electrons. The molecule has 2 atom stereocenters. The van der Waals surface area contributed by atoms with Crippen LogP contribution in [0, 0.1) is 17.2 Å². The zero-order valence-corrected chi connectivity index (χ0v) is 17.4. The molecule has 0 fully saturated rings. The van der Waals surface area contributed by atoms with Gasteiger partial charge in [0.25, 0.3) is 0 Å². The van der Waals surface area contributed by atoms with E-state index < -0.39 is 11.9 Å². The van der Waals surface area contributed by atoms with Gasteiger partial charge in [-0.05, 0) is 23.5 Å². The summed E-state index contributed by atoms with van der Waals surface area (Å²) in [6.07, 6.45) is 0. The first-order valence-electron chi connectivity index (χ1n) is 8.72. The van der Waals surface area contributed by atoms with Crippen molar-refractivity contribution in [2.45, 2.75) is 46.7 Å². The van der Waals surface area contributed by atoms with Crippen molar-refractivity contribution < 1.29 is 18.7 Å². The van der Waals surface area contributed by atoms with Crippen LogP contribution in [0.5, 0.6) is 5.75 Å². The molecule has 0 aliphatic heterocycles. The third-order valence-corrected chi connectivity index (χ3v) is 4.07. The molecule has 4 N–H and O–H groups in total. The number of para-hydroxylation sites is 1. The Morgan fingerprint density at radius 1 is 1.22 bits per heavy atom. The Balaban J connectivity index is 0.00000676. The molecular weight excluding hydrogens is 373 g/mol. The predicted octanol–water partition coefficient (Wildman–Crippen LogP) is 2.26. The molecule has 1 rings (SSSR count). The van der Waals surface area contributed by atoms with E-state index in [0.29, 0.717) is 0 Å². The first-order chi connectivity index (χ1) is 12.0. The minimum Gasteiger partial charge on any atom is -0.488 e. The molecule has 0 aliphatic rings. The molecule has 1 unspecified atom stereocenters. The number of halogens is 2. The van der Waals surface area contributed by atoms with Crippen LogP contribution in [0.4, 0.5) is 4.39 Å². The average Bonchev–Trinajstić information content (AvgIpc) is 2.55. The fraction of sp³-hybridized carbons (Fsp3) is 0.579. The van der Waals surface area contributed by atoms with E-state index in [9.17, 15) is 14.0 Å². The molecular formula is C19H31ClFN3O3. The smallest absolute Gasteiger partial charge is 0.239 e. The number of carbonyl (C=O) groups excluding carboxylic acids is 2. The summed E-state index contributed by atoms with van der Waals surface area (Å²) in [6, 6.07) is 5.07. The SMILES string of the molecule is CC(C)[C@H](N)C(=O)NCC(=O)NC(COc1ccccc1F)C(C)(C)C.Cl. The lowest BCUT2D eigenvalue weighted by molar-refractivity contribution is -0.128. The quantitative estimate of drug-likeness (QED) is 0.620. The van der Waals surface area contributed by atoms with E-state index in [0.717, 1.165) is 0 Å². The average molecular weight is 404 g/mol. The van der Waals surface area contributed by atoms with E-state index in [4.69, 9.17) is 10.5 Å². The van der Waals surface area contributed by atoms with Crippen molar-refractivity contribution in [2.75, 3.05) is 13.2 Å². The number of amides is 2. The summed E-state index contributed by atoms with van der Waals surface area (Å²) in [6.45, 7) is 9.42. The third-order valence-electron chi connectivity index (χ3n) is 4.07. The summed E-state index contributed by atoms with van der Waals surface area (Å²) in [7, 11) is 0. The monoisotopic (exact) mass is 403 g/mol. The Kier molecular flexibility index (Phi) is 10.3. The number of carbonyl (C=O) groups is 2. The van der Waals surface area contributed by atoms with Gasteiger partial charge in [-0.3, -0.25) is 9.59 Å². The highest BCUT2D eigenvalue weighted by atomic mass is 35.5. The van der Waals surface area contributed by atoms with Crippen LogP contribution < -0.4 is 21.1 Å². The second-order valence-corrected chi connectivity index (χ2v) is 7.72. The summed E-state index contributed by atoms with van der Waals surface area (Å²) in [5, 5.41) is 5.35. The van der Waals surface area contributed by atoms with Crippen molar-refractivity contribution >= 4 is 24.2 Å². The molecule has 0 saturated carbocycles. The van der Waals surface area contributed by atoms with Crippen molar-refractivity contribution in [3.63, 3.8) is 0 Å². The summed E-state index contributed by atoms with van der Waals surface area (Å²) >= 11 is 0. The minimum absolute atomic E-state index is 0. The number of hydrogen-bond donors (Lipinski definition) is 3. The molecule has 0 aliphatic carbocycles. The zero-order valence-electron chi connectivity index (χ0n) is 16.5. The highest BCUT2D eigenvalue weighted by molar-refractivity contribution is 5.87. The maximum atomic E-state index is 13.7. The molecule has 2 amide bonds. The molecule has 8 heteroatoms. The molecule has 0 bridgehead atoms. The van der Waals surface area contributed by atoms with Gasteiger partial charge in [0.2, 0.25) is 11.8 Å². The first kappa shape index (κ1) is 25.1. The fourth-order valence-electron chi connectivity index (χ4n) is 2.08. The molecule has 0 spiro atoms. The lowest BCUT2D eigenvalue weighted by Crippen LogP contribution is -2.52. The zero-order chi connectivity index (χ0) is 19.9. The van der Waals surface area contributed by atoms with Crippen LogP contribution in [0.25, 0.3) is 0 Å². The van der Waals surface area contributed by atoms with E-state index in [1.54, 1.807) is 12.1 Å². The summed E-state index contributed by atoms with van der Waals surface area (Å²) < 4.78 is 19.2. The van der Waals surface area contributed by atoms with Crippen LogP contribution >= 0.6 is 12.4 Å². The largest absolute Gasteiger partial charge is 0.488 e. The first-order valence-corrected chi connectivity index (χ1v) is 8.72. The van der Waals surface area contributed by atoms with Crippen LogP contribution in [0.3, 0.4) is 0 Å². The maximum absolute atomic E-state index is 13.7. The van der Waals surface area contributed by atoms with E-state index in [1.807, 2.05) is 34.6 Å². The van der Waals surface area contributed by atoms with E-state index >= 15 is 0 Å². The van der Waals surface area contributed by atoms with E-state index in [2.05, 4.69) is 10.6 Å². The number of benzene rings is 1. The third kappa shape index (κ3) is 8.58. The number of nitrogens with one attached hydrogen (secondary N) is 2. The van der Waals surface area contributed by atoms with Crippen molar-refractivity contribution in [1.29, 1.82) is 0 Å². The minimum atomic E-state index is -0.661. The van der Waals surface area contributed by atoms with Crippen molar-refractivity contribution in [2.24, 2.45) is 17.1 Å². The van der Waals surface area contributed by atoms with Gasteiger partial charge in [-0.1, -0.05) is 46.8 Å². The maximum Gasteiger partial charge on any atom is 0.239 e. The topological polar surface area (TPSA) is 93.5 Å². The summed E-state index contributed by atoms with van der Waals surface area (Å²) in [5.74, 6) is -1.07. The molecule has 154 valence electrons. The standard InChI is InChI=1S/C19H30FN3O3.ClH/c1-12(2)17(21)18(25)22-10-16(24)23-15(19(3,4)5)11-26-14-9-7-6-8-13(14)20;/h6-9,12,15,17H,10-11,21H2,1-5H3,(H,22,25)(H,23,24);1H/t15?,17-;/m0./s1. The Morgan fingerprint density at radius 3 is 2.33 bits per heavy atom. The van der Waals surface area contributed by atoms with E-state index in [-0.39, 0.29) is 60.5 Å². The number of rotatable bonds is 8. The number of ether oxygens (including phenoxy) is 1. The van der Waals surface area contributed by atoms with Crippen molar-refractivity contribution in [3.8, 4) is 5.75 Å².